The summed E-state index contributed by atoms with van der Waals surface area (Å²) in [5.74, 6) is 0.626. The zero-order chi connectivity index (χ0) is 7.68. The lowest BCUT2D eigenvalue weighted by Crippen LogP contribution is -2.05. The van der Waals surface area contributed by atoms with E-state index in [4.69, 9.17) is 5.73 Å². The number of aromatic nitrogens is 2. The van der Waals surface area contributed by atoms with Crippen LogP contribution in [-0.2, 0) is 6.42 Å². The van der Waals surface area contributed by atoms with Gasteiger partial charge in [-0.15, -0.1) is 0 Å². The first-order valence-electron chi connectivity index (χ1n) is 4.14. The van der Waals surface area contributed by atoms with Crippen molar-refractivity contribution < 1.29 is 0 Å². The molecule has 0 aromatic carbocycles. The predicted octanol–water partition coefficient (Wildman–Crippen LogP) is 0.788. The van der Waals surface area contributed by atoms with Crippen LogP contribution in [0.5, 0.6) is 0 Å². The third-order valence-electron chi connectivity index (χ3n) is 2.40. The van der Waals surface area contributed by atoms with Gasteiger partial charge in [0.15, 0.2) is 0 Å². The van der Waals surface area contributed by atoms with Gasteiger partial charge in [-0.3, -0.25) is 0 Å². The molecule has 3 heteroatoms. The second-order valence-electron chi connectivity index (χ2n) is 3.08. The lowest BCUT2D eigenvalue weighted by molar-refractivity contribution is 0.614. The predicted molar refractivity (Wildman–Crippen MR) is 43.3 cm³/mol. The SMILES string of the molecule is NCCC1CCc2[nH]cnc21. The fourth-order valence-corrected chi connectivity index (χ4v) is 1.82. The Bertz CT molecular complexity index is 241. The molecule has 1 aliphatic carbocycles. The van der Waals surface area contributed by atoms with Crippen molar-refractivity contribution in [2.75, 3.05) is 6.54 Å². The minimum atomic E-state index is 0.626. The molecular formula is C8H13N3. The van der Waals surface area contributed by atoms with Crippen LogP contribution in [0.1, 0.15) is 30.1 Å². The highest BCUT2D eigenvalue weighted by Gasteiger charge is 2.23. The molecule has 2 rings (SSSR count). The van der Waals surface area contributed by atoms with E-state index in [1.807, 2.05) is 0 Å². The van der Waals surface area contributed by atoms with Gasteiger partial charge in [-0.2, -0.15) is 0 Å². The quantitative estimate of drug-likeness (QED) is 0.656. The molecule has 1 heterocycles. The highest BCUT2D eigenvalue weighted by atomic mass is 14.9. The van der Waals surface area contributed by atoms with E-state index >= 15 is 0 Å². The molecule has 1 atom stereocenters. The zero-order valence-corrected chi connectivity index (χ0v) is 6.51. The van der Waals surface area contributed by atoms with Gasteiger partial charge in [-0.05, 0) is 25.8 Å². The first-order valence-corrected chi connectivity index (χ1v) is 4.14. The van der Waals surface area contributed by atoms with Gasteiger partial charge in [-0.25, -0.2) is 4.98 Å². The summed E-state index contributed by atoms with van der Waals surface area (Å²) in [6.45, 7) is 0.775. The van der Waals surface area contributed by atoms with Gasteiger partial charge in [0.1, 0.15) is 0 Å². The number of imidazole rings is 1. The van der Waals surface area contributed by atoms with Gasteiger partial charge in [0.25, 0.3) is 0 Å². The minimum Gasteiger partial charge on any atom is -0.348 e. The van der Waals surface area contributed by atoms with Crippen LogP contribution in [0.4, 0.5) is 0 Å². The third-order valence-corrected chi connectivity index (χ3v) is 2.40. The number of nitrogens with one attached hydrogen (secondary N) is 1. The van der Waals surface area contributed by atoms with Crippen LogP contribution in [0.3, 0.4) is 0 Å². The lowest BCUT2D eigenvalue weighted by Gasteiger charge is -2.04. The Morgan fingerprint density at radius 1 is 1.73 bits per heavy atom. The Morgan fingerprint density at radius 3 is 3.45 bits per heavy atom. The van der Waals surface area contributed by atoms with Crippen molar-refractivity contribution >= 4 is 0 Å². The number of nitrogens with two attached hydrogens (primary N) is 1. The van der Waals surface area contributed by atoms with Crippen molar-refractivity contribution in [1.82, 2.24) is 9.97 Å². The van der Waals surface area contributed by atoms with Crippen LogP contribution in [-0.4, -0.2) is 16.5 Å². The fraction of sp³-hybridized carbons (Fsp3) is 0.625. The lowest BCUT2D eigenvalue weighted by atomic mass is 10.0. The molecule has 3 nitrogen and oxygen atoms in total. The van der Waals surface area contributed by atoms with E-state index in [-0.39, 0.29) is 0 Å². The van der Waals surface area contributed by atoms with Gasteiger partial charge in [0.2, 0.25) is 0 Å². The average Bonchev–Trinajstić information content (AvgIpc) is 2.53. The Hall–Kier alpha value is -0.830. The van der Waals surface area contributed by atoms with Gasteiger partial charge in [0, 0.05) is 11.6 Å². The van der Waals surface area contributed by atoms with Crippen molar-refractivity contribution in [3.8, 4) is 0 Å². The summed E-state index contributed by atoms with van der Waals surface area (Å²) in [6.07, 6.45) is 5.25. The van der Waals surface area contributed by atoms with Gasteiger partial charge < -0.3 is 10.7 Å². The van der Waals surface area contributed by atoms with Crippen molar-refractivity contribution in [3.05, 3.63) is 17.7 Å². The minimum absolute atomic E-state index is 0.626. The number of rotatable bonds is 2. The van der Waals surface area contributed by atoms with Crippen LogP contribution < -0.4 is 5.73 Å². The highest BCUT2D eigenvalue weighted by Crippen LogP contribution is 2.32. The summed E-state index contributed by atoms with van der Waals surface area (Å²) in [7, 11) is 0. The fourth-order valence-electron chi connectivity index (χ4n) is 1.82. The normalized spacial score (nSPS) is 22.1. The molecule has 1 aliphatic rings. The highest BCUT2D eigenvalue weighted by molar-refractivity contribution is 5.22. The number of fused-ring (bicyclic) bond motifs is 1. The Morgan fingerprint density at radius 2 is 2.64 bits per heavy atom. The molecule has 0 radical (unpaired) electrons. The Balaban J connectivity index is 2.18. The number of nitrogens with zero attached hydrogens (tertiary/aromatic N) is 1. The smallest absolute Gasteiger partial charge is 0.0925 e. The van der Waals surface area contributed by atoms with Crippen LogP contribution in [0.2, 0.25) is 0 Å². The topological polar surface area (TPSA) is 54.7 Å². The molecule has 0 bridgehead atoms. The van der Waals surface area contributed by atoms with E-state index in [0.717, 1.165) is 19.4 Å². The molecular weight excluding hydrogens is 138 g/mol. The van der Waals surface area contributed by atoms with Crippen LogP contribution in [0, 0.1) is 0 Å². The van der Waals surface area contributed by atoms with Gasteiger partial charge in [-0.1, -0.05) is 0 Å². The Kier molecular flexibility index (Phi) is 1.66. The summed E-state index contributed by atoms with van der Waals surface area (Å²) < 4.78 is 0. The molecule has 60 valence electrons. The molecule has 1 aromatic heterocycles. The molecule has 0 spiro atoms. The van der Waals surface area contributed by atoms with E-state index in [1.165, 1.54) is 17.8 Å². The monoisotopic (exact) mass is 151 g/mol. The van der Waals surface area contributed by atoms with E-state index in [9.17, 15) is 0 Å². The largest absolute Gasteiger partial charge is 0.348 e. The Labute approximate surface area is 66.0 Å². The van der Waals surface area contributed by atoms with Crippen molar-refractivity contribution in [2.45, 2.75) is 25.2 Å². The molecule has 1 aromatic rings. The maximum Gasteiger partial charge on any atom is 0.0925 e. The summed E-state index contributed by atoms with van der Waals surface area (Å²) >= 11 is 0. The standard InChI is InChI=1S/C8H13N3/c9-4-3-6-1-2-7-8(6)11-5-10-7/h5-6H,1-4,9H2,(H,10,11). The molecule has 0 aliphatic heterocycles. The summed E-state index contributed by atoms with van der Waals surface area (Å²) in [5.41, 5.74) is 8.08. The first kappa shape index (κ1) is 6.85. The number of hydrogen-bond donors (Lipinski definition) is 2. The molecule has 0 fully saturated rings. The van der Waals surface area contributed by atoms with E-state index in [0.29, 0.717) is 5.92 Å². The molecule has 0 amide bonds. The molecule has 11 heavy (non-hydrogen) atoms. The summed E-state index contributed by atoms with van der Waals surface area (Å²) in [6, 6.07) is 0. The van der Waals surface area contributed by atoms with Gasteiger partial charge >= 0.3 is 0 Å². The molecule has 3 N–H and O–H groups in total. The number of hydrogen-bond acceptors (Lipinski definition) is 2. The third kappa shape index (κ3) is 1.05. The van der Waals surface area contributed by atoms with Crippen molar-refractivity contribution in [1.29, 1.82) is 0 Å². The van der Waals surface area contributed by atoms with Gasteiger partial charge in [0.05, 0.1) is 12.0 Å². The van der Waals surface area contributed by atoms with Crippen LogP contribution >= 0.6 is 0 Å². The van der Waals surface area contributed by atoms with E-state index in [1.54, 1.807) is 6.33 Å². The summed E-state index contributed by atoms with van der Waals surface area (Å²) in [5, 5.41) is 0. The molecule has 0 saturated heterocycles. The van der Waals surface area contributed by atoms with E-state index < -0.39 is 0 Å². The zero-order valence-electron chi connectivity index (χ0n) is 6.51. The van der Waals surface area contributed by atoms with Crippen LogP contribution in [0.25, 0.3) is 0 Å². The number of aryl methyl sites for hydroxylation is 1. The second kappa shape index (κ2) is 2.66. The van der Waals surface area contributed by atoms with Crippen molar-refractivity contribution in [3.63, 3.8) is 0 Å². The second-order valence-corrected chi connectivity index (χ2v) is 3.08. The maximum absolute atomic E-state index is 5.50. The number of H-pyrrole nitrogens is 1. The van der Waals surface area contributed by atoms with Crippen LogP contribution in [0.15, 0.2) is 6.33 Å². The van der Waals surface area contributed by atoms with E-state index in [2.05, 4.69) is 9.97 Å². The van der Waals surface area contributed by atoms with Crippen molar-refractivity contribution in [2.24, 2.45) is 5.73 Å². The molecule has 0 saturated carbocycles. The molecule has 1 unspecified atom stereocenters. The summed E-state index contributed by atoms with van der Waals surface area (Å²) in [4.78, 5) is 7.44. The number of aromatic amines is 1. The first-order chi connectivity index (χ1) is 5.42. The average molecular weight is 151 g/mol. The maximum atomic E-state index is 5.50.